The van der Waals surface area contributed by atoms with E-state index in [0.717, 1.165) is 12.8 Å². The van der Waals surface area contributed by atoms with Crippen molar-refractivity contribution in [3.63, 3.8) is 0 Å². The minimum absolute atomic E-state index is 0.00502. The highest BCUT2D eigenvalue weighted by Crippen LogP contribution is 2.16. The predicted molar refractivity (Wildman–Crippen MR) is 113 cm³/mol. The van der Waals surface area contributed by atoms with Crippen LogP contribution in [-0.4, -0.2) is 36.0 Å². The summed E-state index contributed by atoms with van der Waals surface area (Å²) in [6.07, 6.45) is 2.22. The van der Waals surface area contributed by atoms with Gasteiger partial charge in [0.25, 0.3) is 0 Å². The van der Waals surface area contributed by atoms with E-state index in [9.17, 15) is 9.59 Å². The number of carbonyl (C=O) groups excluding carboxylic acids is 2. The molecule has 0 saturated heterocycles. The van der Waals surface area contributed by atoms with Gasteiger partial charge in [-0.3, -0.25) is 9.59 Å². The summed E-state index contributed by atoms with van der Waals surface area (Å²) in [5, 5.41) is 5.97. The lowest BCUT2D eigenvalue weighted by Crippen LogP contribution is -2.40. The van der Waals surface area contributed by atoms with E-state index < -0.39 is 0 Å². The number of nitrogens with two attached hydrogens (primary N) is 2. The second-order valence-corrected chi connectivity index (χ2v) is 10.1. The number of amides is 2. The summed E-state index contributed by atoms with van der Waals surface area (Å²) >= 11 is 0. The van der Waals surface area contributed by atoms with Crippen molar-refractivity contribution in [2.75, 3.05) is 13.1 Å². The highest BCUT2D eigenvalue weighted by molar-refractivity contribution is 5.81. The van der Waals surface area contributed by atoms with Gasteiger partial charge in [0.15, 0.2) is 0 Å². The Bertz CT molecular complexity index is 424. The van der Waals surface area contributed by atoms with Crippen LogP contribution in [-0.2, 0) is 9.59 Å². The molecule has 0 spiro atoms. The summed E-state index contributed by atoms with van der Waals surface area (Å²) in [4.78, 5) is 24.6. The minimum atomic E-state index is -0.237. The van der Waals surface area contributed by atoms with Crippen molar-refractivity contribution in [1.82, 2.24) is 10.6 Å². The predicted octanol–water partition coefficient (Wildman–Crippen LogP) is 2.41. The standard InChI is InChI=1S/C21H44N4O2/c1-14(10-20(5,6)22)12-24-18(26)16(3)9-17(4)19(27)25-13-15(2)11-21(7,8)23/h14-17H,9-13,22-23H2,1-8H3,(H,24,26)(H,25,27). The average Bonchev–Trinajstić information content (AvgIpc) is 2.46. The summed E-state index contributed by atoms with van der Waals surface area (Å²) in [7, 11) is 0. The second-order valence-electron chi connectivity index (χ2n) is 10.1. The topological polar surface area (TPSA) is 110 Å². The Morgan fingerprint density at radius 2 is 1.04 bits per heavy atom. The van der Waals surface area contributed by atoms with Crippen LogP contribution in [0.2, 0.25) is 0 Å². The van der Waals surface area contributed by atoms with Crippen molar-refractivity contribution in [3.05, 3.63) is 0 Å². The number of hydrogen-bond donors (Lipinski definition) is 4. The first kappa shape index (κ1) is 25.9. The van der Waals surface area contributed by atoms with Crippen LogP contribution in [0.4, 0.5) is 0 Å². The fraction of sp³-hybridized carbons (Fsp3) is 0.905. The third-order valence-corrected chi connectivity index (χ3v) is 4.60. The smallest absolute Gasteiger partial charge is 0.222 e. The Hall–Kier alpha value is -1.14. The molecular weight excluding hydrogens is 340 g/mol. The third kappa shape index (κ3) is 13.6. The van der Waals surface area contributed by atoms with E-state index in [4.69, 9.17) is 11.5 Å². The quantitative estimate of drug-likeness (QED) is 0.414. The van der Waals surface area contributed by atoms with Crippen LogP contribution in [0, 0.1) is 23.7 Å². The van der Waals surface area contributed by atoms with Gasteiger partial charge in [-0.15, -0.1) is 0 Å². The molecule has 0 aliphatic carbocycles. The van der Waals surface area contributed by atoms with Crippen molar-refractivity contribution in [1.29, 1.82) is 0 Å². The SMILES string of the molecule is CC(CNC(=O)C(C)CC(C)C(=O)NCC(C)CC(C)(C)N)CC(C)(C)N. The molecule has 0 bridgehead atoms. The molecule has 0 radical (unpaired) electrons. The fourth-order valence-corrected chi connectivity index (χ4v) is 3.58. The normalized spacial score (nSPS) is 17.0. The lowest BCUT2D eigenvalue weighted by molar-refractivity contribution is -0.127. The van der Waals surface area contributed by atoms with E-state index in [2.05, 4.69) is 24.5 Å². The average molecular weight is 385 g/mol. The van der Waals surface area contributed by atoms with E-state index in [0.29, 0.717) is 31.3 Å². The van der Waals surface area contributed by atoms with Crippen molar-refractivity contribution in [2.24, 2.45) is 35.1 Å². The summed E-state index contributed by atoms with van der Waals surface area (Å²) < 4.78 is 0. The molecule has 6 heteroatoms. The van der Waals surface area contributed by atoms with Crippen LogP contribution >= 0.6 is 0 Å². The van der Waals surface area contributed by atoms with E-state index in [-0.39, 0.29) is 34.7 Å². The number of nitrogens with one attached hydrogen (secondary N) is 2. The van der Waals surface area contributed by atoms with Crippen LogP contribution in [0.25, 0.3) is 0 Å². The van der Waals surface area contributed by atoms with Gasteiger partial charge in [0.1, 0.15) is 0 Å². The molecule has 4 unspecified atom stereocenters. The zero-order valence-corrected chi connectivity index (χ0v) is 18.8. The molecule has 0 aromatic heterocycles. The molecule has 2 amide bonds. The van der Waals surface area contributed by atoms with E-state index in [1.54, 1.807) is 0 Å². The van der Waals surface area contributed by atoms with Gasteiger partial charge in [-0.05, 0) is 58.8 Å². The lowest BCUT2D eigenvalue weighted by Gasteiger charge is -2.25. The van der Waals surface area contributed by atoms with Crippen molar-refractivity contribution >= 4 is 11.8 Å². The van der Waals surface area contributed by atoms with Crippen LogP contribution in [0.15, 0.2) is 0 Å². The Kier molecular flexibility index (Phi) is 10.5. The number of rotatable bonds is 12. The first-order chi connectivity index (χ1) is 12.1. The Balaban J connectivity index is 4.25. The molecule has 0 aliphatic heterocycles. The van der Waals surface area contributed by atoms with E-state index in [1.165, 1.54) is 0 Å². The van der Waals surface area contributed by atoms with Crippen LogP contribution in [0.5, 0.6) is 0 Å². The molecule has 0 aromatic carbocycles. The van der Waals surface area contributed by atoms with Crippen molar-refractivity contribution in [3.8, 4) is 0 Å². The molecule has 6 nitrogen and oxygen atoms in total. The van der Waals surface area contributed by atoms with E-state index in [1.807, 2.05) is 41.5 Å². The number of hydrogen-bond acceptors (Lipinski definition) is 4. The fourth-order valence-electron chi connectivity index (χ4n) is 3.58. The number of carbonyl (C=O) groups is 2. The molecule has 0 rings (SSSR count). The maximum Gasteiger partial charge on any atom is 0.222 e. The maximum atomic E-state index is 12.3. The molecule has 0 heterocycles. The molecule has 6 N–H and O–H groups in total. The second kappa shape index (κ2) is 11.0. The first-order valence-electron chi connectivity index (χ1n) is 10.2. The molecule has 0 saturated carbocycles. The molecule has 27 heavy (non-hydrogen) atoms. The van der Waals surface area contributed by atoms with Crippen molar-refractivity contribution < 1.29 is 9.59 Å². The van der Waals surface area contributed by atoms with Crippen molar-refractivity contribution in [2.45, 2.75) is 85.7 Å². The zero-order chi connectivity index (χ0) is 21.4. The molecular formula is C21H44N4O2. The van der Waals surface area contributed by atoms with Gasteiger partial charge in [0.2, 0.25) is 11.8 Å². The molecule has 0 aliphatic rings. The Labute approximate surface area is 166 Å². The zero-order valence-electron chi connectivity index (χ0n) is 18.8. The molecule has 0 aromatic rings. The highest BCUT2D eigenvalue weighted by Gasteiger charge is 2.23. The van der Waals surface area contributed by atoms with Crippen LogP contribution in [0.1, 0.15) is 74.7 Å². The minimum Gasteiger partial charge on any atom is -0.356 e. The summed E-state index contributed by atoms with van der Waals surface area (Å²) in [6.45, 7) is 17.1. The van der Waals surface area contributed by atoms with Crippen LogP contribution < -0.4 is 22.1 Å². The lowest BCUT2D eigenvalue weighted by atomic mass is 9.91. The van der Waals surface area contributed by atoms with Crippen LogP contribution in [0.3, 0.4) is 0 Å². The first-order valence-corrected chi connectivity index (χ1v) is 10.2. The molecule has 160 valence electrons. The maximum absolute atomic E-state index is 12.3. The highest BCUT2D eigenvalue weighted by atomic mass is 16.2. The van der Waals surface area contributed by atoms with E-state index >= 15 is 0 Å². The monoisotopic (exact) mass is 384 g/mol. The Morgan fingerprint density at radius 3 is 1.30 bits per heavy atom. The summed E-state index contributed by atoms with van der Waals surface area (Å²) in [6, 6.07) is 0. The van der Waals surface area contributed by atoms with Gasteiger partial charge in [-0.25, -0.2) is 0 Å². The van der Waals surface area contributed by atoms with Gasteiger partial charge in [-0.2, -0.15) is 0 Å². The van der Waals surface area contributed by atoms with Gasteiger partial charge < -0.3 is 22.1 Å². The third-order valence-electron chi connectivity index (χ3n) is 4.60. The Morgan fingerprint density at radius 1 is 0.741 bits per heavy atom. The molecule has 0 fully saturated rings. The largest absolute Gasteiger partial charge is 0.356 e. The van der Waals surface area contributed by atoms with Gasteiger partial charge in [0, 0.05) is 36.0 Å². The summed E-state index contributed by atoms with van der Waals surface area (Å²) in [5.41, 5.74) is 11.6. The summed E-state index contributed by atoms with van der Waals surface area (Å²) in [5.74, 6) is 0.211. The van der Waals surface area contributed by atoms with Gasteiger partial charge >= 0.3 is 0 Å². The van der Waals surface area contributed by atoms with Gasteiger partial charge in [0.05, 0.1) is 0 Å². The van der Waals surface area contributed by atoms with Gasteiger partial charge in [-0.1, -0.05) is 27.7 Å². The molecule has 4 atom stereocenters.